The first-order chi connectivity index (χ1) is 5.61. The summed E-state index contributed by atoms with van der Waals surface area (Å²) in [4.78, 5) is 10.9. The third-order valence-corrected chi connectivity index (χ3v) is 1.69. The monoisotopic (exact) mass is 279 g/mol. The molecule has 0 aromatic carbocycles. The zero-order valence-corrected chi connectivity index (χ0v) is 8.87. The van der Waals surface area contributed by atoms with E-state index in [0.29, 0.717) is 11.3 Å². The average Bonchev–Trinajstić information content (AvgIpc) is 2.04. The second-order valence-corrected chi connectivity index (χ2v) is 2.59. The summed E-state index contributed by atoms with van der Waals surface area (Å²) in [6, 6.07) is 0. The standard InChI is InChI=1S/C8H10INO2/c1-6(10)3-4-7(5-9)8(11)12-2/h3-5H,1,10H2,2H3/b4-3-,7-5?. The lowest BCUT2D eigenvalue weighted by atomic mass is 10.2. The van der Waals surface area contributed by atoms with Crippen LogP contribution in [0.2, 0.25) is 0 Å². The Morgan fingerprint density at radius 2 is 2.17 bits per heavy atom. The van der Waals surface area contributed by atoms with Crippen molar-refractivity contribution in [3.63, 3.8) is 0 Å². The van der Waals surface area contributed by atoms with Gasteiger partial charge in [0.1, 0.15) is 0 Å². The Morgan fingerprint density at radius 1 is 1.58 bits per heavy atom. The van der Waals surface area contributed by atoms with Crippen LogP contribution in [0.1, 0.15) is 0 Å². The molecule has 0 amide bonds. The highest BCUT2D eigenvalue weighted by atomic mass is 127. The summed E-state index contributed by atoms with van der Waals surface area (Å²) >= 11 is 1.95. The van der Waals surface area contributed by atoms with E-state index in [1.807, 2.05) is 22.6 Å². The lowest BCUT2D eigenvalue weighted by Gasteiger charge is -1.96. The fourth-order valence-electron chi connectivity index (χ4n) is 0.464. The molecule has 0 unspecified atom stereocenters. The molecule has 2 N–H and O–H groups in total. The van der Waals surface area contributed by atoms with Gasteiger partial charge in [-0.2, -0.15) is 0 Å². The van der Waals surface area contributed by atoms with Gasteiger partial charge in [0, 0.05) is 5.70 Å². The van der Waals surface area contributed by atoms with E-state index in [-0.39, 0.29) is 5.97 Å². The fraction of sp³-hybridized carbons (Fsp3) is 0.125. The van der Waals surface area contributed by atoms with Gasteiger partial charge in [0.05, 0.1) is 12.7 Å². The molecular weight excluding hydrogens is 269 g/mol. The van der Waals surface area contributed by atoms with Gasteiger partial charge in [-0.05, 0) is 16.2 Å². The maximum absolute atomic E-state index is 10.9. The lowest BCUT2D eigenvalue weighted by molar-refractivity contribution is -0.135. The molecule has 0 aromatic heterocycles. The molecule has 4 heteroatoms. The van der Waals surface area contributed by atoms with Crippen molar-refractivity contribution in [2.24, 2.45) is 5.73 Å². The molecule has 0 fully saturated rings. The summed E-state index contributed by atoms with van der Waals surface area (Å²) in [5.41, 5.74) is 6.12. The van der Waals surface area contributed by atoms with Crippen LogP contribution in [0.15, 0.2) is 34.1 Å². The highest BCUT2D eigenvalue weighted by molar-refractivity contribution is 14.1. The number of carbonyl (C=O) groups excluding carboxylic acids is 1. The van der Waals surface area contributed by atoms with Crippen molar-refractivity contribution < 1.29 is 9.53 Å². The predicted octanol–water partition coefficient (Wildman–Crippen LogP) is 1.51. The zero-order chi connectivity index (χ0) is 9.56. The van der Waals surface area contributed by atoms with E-state index in [1.165, 1.54) is 7.11 Å². The van der Waals surface area contributed by atoms with Gasteiger partial charge in [-0.25, -0.2) is 4.79 Å². The molecule has 0 aliphatic carbocycles. The molecule has 0 atom stereocenters. The number of hydrogen-bond acceptors (Lipinski definition) is 3. The highest BCUT2D eigenvalue weighted by Gasteiger charge is 2.03. The van der Waals surface area contributed by atoms with E-state index in [1.54, 1.807) is 16.2 Å². The summed E-state index contributed by atoms with van der Waals surface area (Å²) in [6.45, 7) is 3.46. The predicted molar refractivity (Wildman–Crippen MR) is 56.6 cm³/mol. The Hall–Kier alpha value is -0.780. The van der Waals surface area contributed by atoms with Gasteiger partial charge in [-0.1, -0.05) is 29.2 Å². The Kier molecular flexibility index (Phi) is 5.44. The molecule has 12 heavy (non-hydrogen) atoms. The van der Waals surface area contributed by atoms with Gasteiger partial charge in [-0.15, -0.1) is 0 Å². The van der Waals surface area contributed by atoms with Crippen LogP contribution in [-0.2, 0) is 9.53 Å². The highest BCUT2D eigenvalue weighted by Crippen LogP contribution is 2.04. The third-order valence-electron chi connectivity index (χ3n) is 1.02. The minimum absolute atomic E-state index is 0.387. The van der Waals surface area contributed by atoms with Gasteiger partial charge >= 0.3 is 5.97 Å². The number of halogens is 1. The normalized spacial score (nSPS) is 11.7. The summed E-state index contributed by atoms with van der Waals surface area (Å²) in [6.07, 6.45) is 3.10. The molecule has 0 aromatic rings. The number of carbonyl (C=O) groups is 1. The van der Waals surface area contributed by atoms with E-state index < -0.39 is 0 Å². The smallest absolute Gasteiger partial charge is 0.338 e. The van der Waals surface area contributed by atoms with Crippen LogP contribution in [0.4, 0.5) is 0 Å². The molecule has 0 radical (unpaired) electrons. The van der Waals surface area contributed by atoms with Crippen LogP contribution in [-0.4, -0.2) is 13.1 Å². The molecule has 0 aliphatic heterocycles. The van der Waals surface area contributed by atoms with E-state index in [9.17, 15) is 4.79 Å². The van der Waals surface area contributed by atoms with Crippen LogP contribution < -0.4 is 5.73 Å². The SMILES string of the molecule is C=C(N)/C=C\C(=CI)C(=O)OC. The van der Waals surface area contributed by atoms with Crippen molar-refractivity contribution in [3.05, 3.63) is 34.1 Å². The third kappa shape index (κ3) is 4.17. The first-order valence-corrected chi connectivity index (χ1v) is 4.37. The van der Waals surface area contributed by atoms with Crippen molar-refractivity contribution in [2.75, 3.05) is 7.11 Å². The van der Waals surface area contributed by atoms with E-state index in [0.717, 1.165) is 0 Å². The molecular formula is C8H10INO2. The Morgan fingerprint density at radius 3 is 2.50 bits per heavy atom. The summed E-state index contributed by atoms with van der Waals surface area (Å²) in [5.74, 6) is -0.387. The van der Waals surface area contributed by atoms with Crippen LogP contribution >= 0.6 is 22.6 Å². The first-order valence-electron chi connectivity index (χ1n) is 3.13. The van der Waals surface area contributed by atoms with E-state index in [4.69, 9.17) is 5.73 Å². The maximum atomic E-state index is 10.9. The largest absolute Gasteiger partial charge is 0.465 e. The van der Waals surface area contributed by atoms with Gasteiger partial charge in [0.25, 0.3) is 0 Å². The van der Waals surface area contributed by atoms with Gasteiger partial charge in [0.15, 0.2) is 0 Å². The van der Waals surface area contributed by atoms with Crippen LogP contribution in [0.5, 0.6) is 0 Å². The number of ether oxygens (including phenoxy) is 1. The van der Waals surface area contributed by atoms with Crippen molar-refractivity contribution in [3.8, 4) is 0 Å². The van der Waals surface area contributed by atoms with Crippen molar-refractivity contribution in [2.45, 2.75) is 0 Å². The lowest BCUT2D eigenvalue weighted by Crippen LogP contribution is -2.02. The average molecular weight is 279 g/mol. The Bertz CT molecular complexity index is 243. The fourth-order valence-corrected chi connectivity index (χ4v) is 0.925. The van der Waals surface area contributed by atoms with Crippen molar-refractivity contribution in [1.29, 1.82) is 0 Å². The number of methoxy groups -OCH3 is 1. The molecule has 3 nitrogen and oxygen atoms in total. The Balaban J connectivity index is 4.40. The molecule has 0 saturated carbocycles. The molecule has 0 rings (SSSR count). The van der Waals surface area contributed by atoms with E-state index in [2.05, 4.69) is 11.3 Å². The first kappa shape index (κ1) is 11.2. The van der Waals surface area contributed by atoms with Crippen molar-refractivity contribution in [1.82, 2.24) is 0 Å². The summed E-state index contributed by atoms with van der Waals surface area (Å²) in [5, 5.41) is 0. The van der Waals surface area contributed by atoms with Crippen LogP contribution in [0, 0.1) is 0 Å². The Labute approximate surface area is 85.1 Å². The molecule has 66 valence electrons. The molecule has 0 heterocycles. The maximum Gasteiger partial charge on any atom is 0.338 e. The number of esters is 1. The summed E-state index contributed by atoms with van der Waals surface area (Å²) < 4.78 is 6.12. The topological polar surface area (TPSA) is 52.3 Å². The van der Waals surface area contributed by atoms with Crippen molar-refractivity contribution >= 4 is 28.6 Å². The molecule has 0 spiro atoms. The van der Waals surface area contributed by atoms with Crippen LogP contribution in [0.25, 0.3) is 0 Å². The van der Waals surface area contributed by atoms with Gasteiger partial charge in [-0.3, -0.25) is 0 Å². The van der Waals surface area contributed by atoms with Crippen LogP contribution in [0.3, 0.4) is 0 Å². The minimum Gasteiger partial charge on any atom is -0.465 e. The minimum atomic E-state index is -0.387. The second kappa shape index (κ2) is 5.82. The molecule has 0 saturated heterocycles. The number of allylic oxidation sites excluding steroid dienone is 1. The summed E-state index contributed by atoms with van der Waals surface area (Å²) in [7, 11) is 1.33. The number of nitrogens with two attached hydrogens (primary N) is 1. The number of rotatable bonds is 3. The van der Waals surface area contributed by atoms with E-state index >= 15 is 0 Å². The molecule has 0 aliphatic rings. The second-order valence-electron chi connectivity index (χ2n) is 1.96. The zero-order valence-electron chi connectivity index (χ0n) is 6.71. The van der Waals surface area contributed by atoms with Gasteiger partial charge < -0.3 is 10.5 Å². The quantitative estimate of drug-likeness (QED) is 0.369. The molecule has 0 bridgehead atoms. The number of hydrogen-bond donors (Lipinski definition) is 1. The van der Waals surface area contributed by atoms with Gasteiger partial charge in [0.2, 0.25) is 0 Å².